The molecule has 1 atom stereocenters. The van der Waals surface area contributed by atoms with E-state index in [2.05, 4.69) is 5.32 Å². The molecule has 2 aliphatic heterocycles. The number of nitrogens with one attached hydrogen (secondary N) is 2. The molecule has 0 saturated carbocycles. The largest absolute Gasteiger partial charge is 0.398 e. The summed E-state index contributed by atoms with van der Waals surface area (Å²) in [7, 11) is 0. The summed E-state index contributed by atoms with van der Waals surface area (Å²) in [5.41, 5.74) is 10.1. The Hall–Kier alpha value is -3.67. The van der Waals surface area contributed by atoms with Crippen molar-refractivity contribution in [2.24, 2.45) is 5.73 Å². The van der Waals surface area contributed by atoms with Gasteiger partial charge in [-0.2, -0.15) is 0 Å². The van der Waals surface area contributed by atoms with E-state index in [4.69, 9.17) is 11.1 Å². The van der Waals surface area contributed by atoms with Crippen LogP contribution in [-0.4, -0.2) is 17.3 Å². The summed E-state index contributed by atoms with van der Waals surface area (Å²) in [6, 6.07) is 12.2. The maximum absolute atomic E-state index is 13.7. The summed E-state index contributed by atoms with van der Waals surface area (Å²) in [5, 5.41) is 11.1. The number of rotatable bonds is 4. The van der Waals surface area contributed by atoms with Crippen LogP contribution in [0.2, 0.25) is 0 Å². The van der Waals surface area contributed by atoms with Crippen LogP contribution in [0, 0.1) is 17.0 Å². The highest BCUT2D eigenvalue weighted by molar-refractivity contribution is 5.95. The minimum atomic E-state index is -0.347. The van der Waals surface area contributed by atoms with Crippen LogP contribution >= 0.6 is 0 Å². The fourth-order valence-corrected chi connectivity index (χ4v) is 3.30. The lowest BCUT2D eigenvalue weighted by molar-refractivity contribution is 0.438. The van der Waals surface area contributed by atoms with Gasteiger partial charge < -0.3 is 21.4 Å². The molecule has 0 bridgehead atoms. The van der Waals surface area contributed by atoms with Crippen LogP contribution in [0.3, 0.4) is 0 Å². The number of hydrogen-bond acceptors (Lipinski definition) is 4. The lowest BCUT2D eigenvalue weighted by Gasteiger charge is -2.28. The molecule has 2 aliphatic rings. The van der Waals surface area contributed by atoms with Gasteiger partial charge in [0.25, 0.3) is 0 Å². The van der Waals surface area contributed by atoms with Crippen molar-refractivity contribution in [1.29, 1.82) is 5.41 Å². The number of allylic oxidation sites excluding steroid dienone is 3. The van der Waals surface area contributed by atoms with E-state index in [1.807, 2.05) is 35.5 Å². The second kappa shape index (κ2) is 7.15. The molecular weight excluding hydrogens is 358 g/mol. The number of fused-ring (bicyclic) bond motifs is 1. The van der Waals surface area contributed by atoms with Crippen molar-refractivity contribution in [3.05, 3.63) is 107 Å². The Balaban J connectivity index is 1.72. The zero-order valence-electron chi connectivity index (χ0n) is 14.9. The molecule has 4 N–H and O–H groups in total. The van der Waals surface area contributed by atoms with Gasteiger partial charge in [0.05, 0.1) is 5.70 Å². The second-order valence-corrected chi connectivity index (χ2v) is 6.48. The van der Waals surface area contributed by atoms with Crippen LogP contribution in [0.4, 0.5) is 8.78 Å². The molecule has 0 spiro atoms. The molecule has 6 heteroatoms. The topological polar surface area (TPSA) is 65.1 Å². The quantitative estimate of drug-likeness (QED) is 0.708. The fraction of sp³-hybridized carbons (Fsp3) is 0.0455. The summed E-state index contributed by atoms with van der Waals surface area (Å²) < 4.78 is 26.8. The Morgan fingerprint density at radius 3 is 2.61 bits per heavy atom. The number of nitrogens with zero attached hydrogens (tertiary/aromatic N) is 1. The zero-order chi connectivity index (χ0) is 19.7. The maximum Gasteiger partial charge on any atom is 0.123 e. The van der Waals surface area contributed by atoms with Crippen molar-refractivity contribution < 1.29 is 8.78 Å². The van der Waals surface area contributed by atoms with Crippen molar-refractivity contribution in [1.82, 2.24) is 10.2 Å². The number of hydrogen-bond donors (Lipinski definition) is 3. The van der Waals surface area contributed by atoms with Gasteiger partial charge in [0.15, 0.2) is 0 Å². The lowest BCUT2D eigenvalue weighted by atomic mass is 9.98. The van der Waals surface area contributed by atoms with E-state index in [1.54, 1.807) is 18.2 Å². The minimum absolute atomic E-state index is 0.0963. The normalized spacial score (nSPS) is 18.6. The van der Waals surface area contributed by atoms with E-state index < -0.39 is 0 Å². The monoisotopic (exact) mass is 376 g/mol. The molecule has 1 unspecified atom stereocenters. The molecule has 2 aromatic rings. The molecule has 4 nitrogen and oxygen atoms in total. The molecule has 0 aliphatic carbocycles. The van der Waals surface area contributed by atoms with Crippen molar-refractivity contribution >= 4 is 17.6 Å². The van der Waals surface area contributed by atoms with Crippen LogP contribution in [0.1, 0.15) is 11.1 Å². The molecule has 0 fully saturated rings. The average Bonchev–Trinajstić information content (AvgIpc) is 3.12. The molecule has 0 aromatic heterocycles. The maximum atomic E-state index is 13.7. The van der Waals surface area contributed by atoms with E-state index in [9.17, 15) is 8.78 Å². The third-order valence-corrected chi connectivity index (χ3v) is 4.73. The molecular formula is C22H18F2N4. The zero-order valence-corrected chi connectivity index (χ0v) is 14.9. The third-order valence-electron chi connectivity index (χ3n) is 4.73. The predicted molar refractivity (Wildman–Crippen MR) is 107 cm³/mol. The first kappa shape index (κ1) is 17.7. The number of nitrogens with two attached hydrogens (primary N) is 1. The highest BCUT2D eigenvalue weighted by Crippen LogP contribution is 2.32. The third kappa shape index (κ3) is 3.20. The van der Waals surface area contributed by atoms with Gasteiger partial charge in [-0.25, -0.2) is 8.78 Å². The lowest BCUT2D eigenvalue weighted by Crippen LogP contribution is -2.33. The van der Waals surface area contributed by atoms with E-state index in [1.165, 1.54) is 30.5 Å². The molecule has 2 heterocycles. The molecule has 28 heavy (non-hydrogen) atoms. The molecule has 2 aromatic carbocycles. The van der Waals surface area contributed by atoms with E-state index >= 15 is 0 Å². The summed E-state index contributed by atoms with van der Waals surface area (Å²) in [6.07, 6.45) is 8.62. The summed E-state index contributed by atoms with van der Waals surface area (Å²) in [6.45, 7) is 0. The van der Waals surface area contributed by atoms with Crippen LogP contribution in [-0.2, 0) is 0 Å². The van der Waals surface area contributed by atoms with Gasteiger partial charge in [-0.05, 0) is 48.0 Å². The van der Waals surface area contributed by atoms with E-state index in [-0.39, 0.29) is 17.8 Å². The van der Waals surface area contributed by atoms with Gasteiger partial charge in [-0.1, -0.05) is 18.2 Å². The van der Waals surface area contributed by atoms with Gasteiger partial charge >= 0.3 is 0 Å². The molecule has 0 saturated heterocycles. The van der Waals surface area contributed by atoms with Crippen LogP contribution < -0.4 is 11.1 Å². The SMILES string of the molecule is N=CC(C1=CN2C(c3cccc(F)c3)=CNC2C=C1)=C(N)c1ccc(F)cc1. The van der Waals surface area contributed by atoms with Crippen LogP contribution in [0.25, 0.3) is 11.4 Å². The summed E-state index contributed by atoms with van der Waals surface area (Å²) in [4.78, 5) is 1.96. The van der Waals surface area contributed by atoms with Crippen molar-refractivity contribution in [2.45, 2.75) is 6.17 Å². The van der Waals surface area contributed by atoms with Gasteiger partial charge in [-0.3, -0.25) is 0 Å². The van der Waals surface area contributed by atoms with Gasteiger partial charge in [0.2, 0.25) is 0 Å². The van der Waals surface area contributed by atoms with E-state index in [0.717, 1.165) is 16.8 Å². The van der Waals surface area contributed by atoms with Gasteiger partial charge in [0.1, 0.15) is 17.8 Å². The highest BCUT2D eigenvalue weighted by atomic mass is 19.1. The standard InChI is InChI=1S/C22H18F2N4/c23-17-7-4-14(5-8-17)22(26)19(11-25)16-6-9-21-27-12-20(28(21)13-16)15-2-1-3-18(24)10-15/h1-13,21,25,27H,26H2. The van der Waals surface area contributed by atoms with Crippen LogP contribution in [0.15, 0.2) is 84.2 Å². The van der Waals surface area contributed by atoms with Gasteiger partial charge in [0, 0.05) is 41.0 Å². The average molecular weight is 376 g/mol. The first-order valence-corrected chi connectivity index (χ1v) is 8.74. The Bertz CT molecular complexity index is 1050. The summed E-state index contributed by atoms with van der Waals surface area (Å²) in [5.74, 6) is -0.653. The first-order chi connectivity index (χ1) is 13.6. The molecule has 140 valence electrons. The number of halogens is 2. The summed E-state index contributed by atoms with van der Waals surface area (Å²) >= 11 is 0. The van der Waals surface area contributed by atoms with Gasteiger partial charge in [-0.15, -0.1) is 0 Å². The number of benzene rings is 2. The molecule has 0 amide bonds. The van der Waals surface area contributed by atoms with E-state index in [0.29, 0.717) is 16.8 Å². The fourth-order valence-electron chi connectivity index (χ4n) is 3.30. The predicted octanol–water partition coefficient (Wildman–Crippen LogP) is 3.97. The van der Waals surface area contributed by atoms with Crippen molar-refractivity contribution in [3.63, 3.8) is 0 Å². The Morgan fingerprint density at radius 1 is 1.11 bits per heavy atom. The Kier molecular flexibility index (Phi) is 4.53. The first-order valence-electron chi connectivity index (χ1n) is 8.74. The Morgan fingerprint density at radius 2 is 1.89 bits per heavy atom. The van der Waals surface area contributed by atoms with Crippen LogP contribution in [0.5, 0.6) is 0 Å². The highest BCUT2D eigenvalue weighted by Gasteiger charge is 2.27. The second-order valence-electron chi connectivity index (χ2n) is 6.48. The smallest absolute Gasteiger partial charge is 0.123 e. The van der Waals surface area contributed by atoms with Crippen molar-refractivity contribution in [3.8, 4) is 0 Å². The molecule has 4 rings (SSSR count). The molecule has 0 radical (unpaired) electrons. The minimum Gasteiger partial charge on any atom is -0.398 e. The van der Waals surface area contributed by atoms with Crippen molar-refractivity contribution in [2.75, 3.05) is 0 Å². The Labute approximate surface area is 161 Å².